The minimum atomic E-state index is -0.177. The highest BCUT2D eigenvalue weighted by Crippen LogP contribution is 2.29. The van der Waals surface area contributed by atoms with Gasteiger partial charge in [0.2, 0.25) is 0 Å². The van der Waals surface area contributed by atoms with Crippen LogP contribution in [0.2, 0.25) is 0 Å². The molecule has 0 radical (unpaired) electrons. The van der Waals surface area contributed by atoms with Gasteiger partial charge in [-0.2, -0.15) is 0 Å². The fraction of sp³-hybridized carbons (Fsp3) is 0.625. The van der Waals surface area contributed by atoms with E-state index in [2.05, 4.69) is 11.8 Å². The Morgan fingerprint density at radius 1 is 1.50 bits per heavy atom. The molecule has 0 amide bonds. The highest BCUT2D eigenvalue weighted by Gasteiger charge is 2.26. The van der Waals surface area contributed by atoms with E-state index in [0.29, 0.717) is 11.7 Å². The van der Waals surface area contributed by atoms with Crippen molar-refractivity contribution in [2.45, 2.75) is 38.8 Å². The fourth-order valence-corrected chi connectivity index (χ4v) is 3.23. The van der Waals surface area contributed by atoms with E-state index in [1.165, 1.54) is 18.9 Å². The first kappa shape index (κ1) is 15.3. The largest absolute Gasteiger partial charge is 0.370 e. The van der Waals surface area contributed by atoms with Gasteiger partial charge in [0, 0.05) is 25.7 Å². The van der Waals surface area contributed by atoms with Crippen LogP contribution in [0.25, 0.3) is 0 Å². The van der Waals surface area contributed by atoms with Crippen molar-refractivity contribution in [1.29, 1.82) is 0 Å². The van der Waals surface area contributed by atoms with Crippen molar-refractivity contribution in [3.05, 3.63) is 29.6 Å². The van der Waals surface area contributed by atoms with Crippen LogP contribution < -0.4 is 10.6 Å². The van der Waals surface area contributed by atoms with E-state index >= 15 is 0 Å². The molecule has 0 spiro atoms. The quantitative estimate of drug-likeness (QED) is 0.899. The second-order valence-electron chi connectivity index (χ2n) is 5.77. The van der Waals surface area contributed by atoms with E-state index in [1.807, 2.05) is 24.9 Å². The maximum atomic E-state index is 14.2. The summed E-state index contributed by atoms with van der Waals surface area (Å²) in [5, 5.41) is 0. The van der Waals surface area contributed by atoms with Crippen LogP contribution in [0, 0.1) is 5.82 Å². The second kappa shape index (κ2) is 6.55. The molecular formula is C16H26FN3. The van der Waals surface area contributed by atoms with Crippen molar-refractivity contribution in [1.82, 2.24) is 4.90 Å². The Balaban J connectivity index is 2.18. The average Bonchev–Trinajstić information content (AvgIpc) is 2.85. The predicted molar refractivity (Wildman–Crippen MR) is 82.5 cm³/mol. The minimum absolute atomic E-state index is 0.158. The van der Waals surface area contributed by atoms with E-state index in [9.17, 15) is 4.39 Å². The van der Waals surface area contributed by atoms with Gasteiger partial charge in [0.25, 0.3) is 0 Å². The Labute approximate surface area is 121 Å². The SMILES string of the molecule is CCN1CCCC1CN(C)c1c(F)cccc1[C@@H](C)N. The maximum Gasteiger partial charge on any atom is 0.146 e. The van der Waals surface area contributed by atoms with Gasteiger partial charge in [-0.05, 0) is 44.5 Å². The number of likely N-dealkylation sites (tertiary alicyclic amines) is 1. The summed E-state index contributed by atoms with van der Waals surface area (Å²) in [7, 11) is 1.97. The Morgan fingerprint density at radius 2 is 2.25 bits per heavy atom. The van der Waals surface area contributed by atoms with Crippen molar-refractivity contribution in [2.24, 2.45) is 5.73 Å². The zero-order valence-corrected chi connectivity index (χ0v) is 12.8. The first-order valence-corrected chi connectivity index (χ1v) is 7.53. The summed E-state index contributed by atoms with van der Waals surface area (Å²) in [6, 6.07) is 5.54. The van der Waals surface area contributed by atoms with Gasteiger partial charge in [-0.25, -0.2) is 4.39 Å². The number of likely N-dealkylation sites (N-methyl/N-ethyl adjacent to an activating group) is 2. The number of rotatable bonds is 5. The molecule has 1 aliphatic heterocycles. The standard InChI is InChI=1S/C16H26FN3/c1-4-20-10-6-7-13(20)11-19(3)16-14(12(2)18)8-5-9-15(16)17/h5,8-9,12-13H,4,6-7,10-11,18H2,1-3H3/t12-,13?/m1/s1. The molecule has 1 unspecified atom stereocenters. The summed E-state index contributed by atoms with van der Waals surface area (Å²) in [5.41, 5.74) is 7.52. The summed E-state index contributed by atoms with van der Waals surface area (Å²) < 4.78 is 14.2. The van der Waals surface area contributed by atoms with Gasteiger partial charge in [-0.1, -0.05) is 19.1 Å². The maximum absolute atomic E-state index is 14.2. The molecule has 2 atom stereocenters. The number of halogens is 1. The fourth-order valence-electron chi connectivity index (χ4n) is 3.23. The molecule has 1 fully saturated rings. The molecule has 1 aromatic carbocycles. The van der Waals surface area contributed by atoms with Crippen molar-refractivity contribution < 1.29 is 4.39 Å². The van der Waals surface area contributed by atoms with Crippen molar-refractivity contribution in [2.75, 3.05) is 31.6 Å². The molecular weight excluding hydrogens is 253 g/mol. The molecule has 2 N–H and O–H groups in total. The van der Waals surface area contributed by atoms with Crippen LogP contribution in [0.1, 0.15) is 38.3 Å². The van der Waals surface area contributed by atoms with E-state index in [1.54, 1.807) is 6.07 Å². The topological polar surface area (TPSA) is 32.5 Å². The van der Waals surface area contributed by atoms with E-state index in [-0.39, 0.29) is 11.9 Å². The molecule has 1 saturated heterocycles. The van der Waals surface area contributed by atoms with Gasteiger partial charge in [0.15, 0.2) is 0 Å². The van der Waals surface area contributed by atoms with Crippen molar-refractivity contribution in [3.8, 4) is 0 Å². The molecule has 112 valence electrons. The zero-order chi connectivity index (χ0) is 14.7. The average molecular weight is 279 g/mol. The van der Waals surface area contributed by atoms with Gasteiger partial charge in [0.1, 0.15) is 5.82 Å². The zero-order valence-electron chi connectivity index (χ0n) is 12.8. The minimum Gasteiger partial charge on any atom is -0.370 e. The van der Waals surface area contributed by atoms with Gasteiger partial charge >= 0.3 is 0 Å². The Bertz CT molecular complexity index is 447. The molecule has 20 heavy (non-hydrogen) atoms. The lowest BCUT2D eigenvalue weighted by Gasteiger charge is -2.31. The number of benzene rings is 1. The Kier molecular flexibility index (Phi) is 5.00. The molecule has 1 heterocycles. The number of nitrogens with two attached hydrogens (primary N) is 1. The lowest BCUT2D eigenvalue weighted by Crippen LogP contribution is -2.39. The molecule has 0 aliphatic carbocycles. The molecule has 0 bridgehead atoms. The molecule has 0 saturated carbocycles. The molecule has 4 heteroatoms. The monoisotopic (exact) mass is 279 g/mol. The third-order valence-electron chi connectivity index (χ3n) is 4.28. The first-order valence-electron chi connectivity index (χ1n) is 7.53. The Hall–Kier alpha value is -1.13. The molecule has 1 aliphatic rings. The number of hydrogen-bond donors (Lipinski definition) is 1. The van der Waals surface area contributed by atoms with Gasteiger partial charge in [-0.3, -0.25) is 4.90 Å². The number of para-hydroxylation sites is 1. The third kappa shape index (κ3) is 3.13. The number of anilines is 1. The van der Waals surface area contributed by atoms with Crippen LogP contribution in [0.5, 0.6) is 0 Å². The van der Waals surface area contributed by atoms with Gasteiger partial charge < -0.3 is 10.6 Å². The molecule has 1 aromatic rings. The van der Waals surface area contributed by atoms with Crippen LogP contribution in [0.4, 0.5) is 10.1 Å². The summed E-state index contributed by atoms with van der Waals surface area (Å²) in [6.07, 6.45) is 2.43. The van der Waals surface area contributed by atoms with E-state index in [0.717, 1.165) is 25.2 Å². The predicted octanol–water partition coefficient (Wildman–Crippen LogP) is 2.77. The molecule has 2 rings (SSSR count). The van der Waals surface area contributed by atoms with Gasteiger partial charge in [0.05, 0.1) is 5.69 Å². The van der Waals surface area contributed by atoms with Crippen LogP contribution in [0.15, 0.2) is 18.2 Å². The molecule has 3 nitrogen and oxygen atoms in total. The second-order valence-corrected chi connectivity index (χ2v) is 5.77. The summed E-state index contributed by atoms with van der Waals surface area (Å²) in [4.78, 5) is 4.51. The highest BCUT2D eigenvalue weighted by molar-refractivity contribution is 5.55. The van der Waals surface area contributed by atoms with Crippen LogP contribution >= 0.6 is 0 Å². The summed E-state index contributed by atoms with van der Waals surface area (Å²) in [5.74, 6) is -0.177. The lowest BCUT2D eigenvalue weighted by molar-refractivity contribution is 0.270. The first-order chi connectivity index (χ1) is 9.54. The summed E-state index contributed by atoms with van der Waals surface area (Å²) >= 11 is 0. The normalized spacial score (nSPS) is 21.1. The Morgan fingerprint density at radius 3 is 2.90 bits per heavy atom. The summed E-state index contributed by atoms with van der Waals surface area (Å²) in [6.45, 7) is 7.17. The number of hydrogen-bond acceptors (Lipinski definition) is 3. The third-order valence-corrected chi connectivity index (χ3v) is 4.28. The number of nitrogens with zero attached hydrogens (tertiary/aromatic N) is 2. The van der Waals surface area contributed by atoms with E-state index in [4.69, 9.17) is 5.73 Å². The van der Waals surface area contributed by atoms with Crippen molar-refractivity contribution in [3.63, 3.8) is 0 Å². The van der Waals surface area contributed by atoms with Crippen LogP contribution in [-0.2, 0) is 0 Å². The molecule has 0 aromatic heterocycles. The highest BCUT2D eigenvalue weighted by atomic mass is 19.1. The van der Waals surface area contributed by atoms with Gasteiger partial charge in [-0.15, -0.1) is 0 Å². The van der Waals surface area contributed by atoms with Crippen molar-refractivity contribution >= 4 is 5.69 Å². The lowest BCUT2D eigenvalue weighted by atomic mass is 10.0. The van der Waals surface area contributed by atoms with Crippen LogP contribution in [0.3, 0.4) is 0 Å². The smallest absolute Gasteiger partial charge is 0.146 e. The van der Waals surface area contributed by atoms with Crippen LogP contribution in [-0.4, -0.2) is 37.6 Å². The van der Waals surface area contributed by atoms with E-state index < -0.39 is 0 Å².